The smallest absolute Gasteiger partial charge is 0.0743 e. The van der Waals surface area contributed by atoms with Gasteiger partial charge in [0.1, 0.15) is 0 Å². The molecule has 3 fully saturated rings. The van der Waals surface area contributed by atoms with E-state index in [1.807, 2.05) is 0 Å². The molecule has 3 aliphatic heterocycles. The van der Waals surface area contributed by atoms with Crippen LogP contribution in [0.4, 0.5) is 0 Å². The number of rotatable bonds is 3. The zero-order chi connectivity index (χ0) is 14.0. The van der Waals surface area contributed by atoms with Gasteiger partial charge in [-0.05, 0) is 52.1 Å². The highest BCUT2D eigenvalue weighted by molar-refractivity contribution is 5.02. The number of ether oxygens (including phenoxy) is 1. The minimum absolute atomic E-state index is 0.118. The van der Waals surface area contributed by atoms with Gasteiger partial charge in [-0.1, -0.05) is 6.42 Å². The first kappa shape index (κ1) is 14.8. The Bertz CT molecular complexity index is 311. The highest BCUT2D eigenvalue weighted by Gasteiger charge is 2.46. The summed E-state index contributed by atoms with van der Waals surface area (Å²) in [5.74, 6) is 0. The predicted molar refractivity (Wildman–Crippen MR) is 81.8 cm³/mol. The lowest BCUT2D eigenvalue weighted by Crippen LogP contribution is -2.61. The molecule has 0 bridgehead atoms. The largest absolute Gasteiger partial charge is 0.376 e. The minimum atomic E-state index is 0.118. The van der Waals surface area contributed by atoms with Crippen LogP contribution in [0, 0.1) is 0 Å². The Labute approximate surface area is 123 Å². The van der Waals surface area contributed by atoms with Crippen molar-refractivity contribution in [2.75, 3.05) is 39.3 Å². The number of hydrogen-bond acceptors (Lipinski definition) is 4. The fourth-order valence-electron chi connectivity index (χ4n) is 4.54. The normalized spacial score (nSPS) is 38.4. The molecule has 2 atom stereocenters. The average Bonchev–Trinajstić information content (AvgIpc) is 2.90. The molecular formula is C16H31N3O. The molecule has 2 N–H and O–H groups in total. The third-order valence-electron chi connectivity index (χ3n) is 6.01. The van der Waals surface area contributed by atoms with Crippen molar-refractivity contribution in [3.05, 3.63) is 0 Å². The van der Waals surface area contributed by atoms with Crippen molar-refractivity contribution < 1.29 is 4.74 Å². The maximum Gasteiger partial charge on any atom is 0.0743 e. The summed E-state index contributed by atoms with van der Waals surface area (Å²) in [6, 6.07) is 0.819. The Balaban J connectivity index is 1.57. The third kappa shape index (κ3) is 2.63. The highest BCUT2D eigenvalue weighted by Crippen LogP contribution is 2.34. The third-order valence-corrected chi connectivity index (χ3v) is 6.01. The summed E-state index contributed by atoms with van der Waals surface area (Å²) in [5.41, 5.74) is 6.25. The predicted octanol–water partition coefficient (Wildman–Crippen LogP) is 1.44. The average molecular weight is 281 g/mol. The first-order chi connectivity index (χ1) is 9.76. The van der Waals surface area contributed by atoms with Crippen molar-refractivity contribution in [3.63, 3.8) is 0 Å². The van der Waals surface area contributed by atoms with Gasteiger partial charge in [-0.25, -0.2) is 0 Å². The van der Waals surface area contributed by atoms with E-state index in [2.05, 4.69) is 16.7 Å². The molecule has 3 saturated heterocycles. The summed E-state index contributed by atoms with van der Waals surface area (Å²) >= 11 is 0. The van der Waals surface area contributed by atoms with Crippen LogP contribution in [0.15, 0.2) is 0 Å². The van der Waals surface area contributed by atoms with Crippen LogP contribution in [0.2, 0.25) is 0 Å². The molecule has 4 heteroatoms. The Morgan fingerprint density at radius 1 is 1.10 bits per heavy atom. The van der Waals surface area contributed by atoms with Gasteiger partial charge in [-0.2, -0.15) is 0 Å². The summed E-state index contributed by atoms with van der Waals surface area (Å²) in [6.45, 7) is 8.88. The number of nitrogens with two attached hydrogens (primary N) is 1. The van der Waals surface area contributed by atoms with Crippen LogP contribution < -0.4 is 5.73 Å². The molecule has 20 heavy (non-hydrogen) atoms. The van der Waals surface area contributed by atoms with E-state index in [1.165, 1.54) is 58.3 Å². The number of likely N-dealkylation sites (tertiary alicyclic amines) is 2. The summed E-state index contributed by atoms with van der Waals surface area (Å²) in [7, 11) is 0. The molecule has 4 nitrogen and oxygen atoms in total. The molecule has 3 rings (SSSR count). The van der Waals surface area contributed by atoms with Crippen LogP contribution >= 0.6 is 0 Å². The van der Waals surface area contributed by atoms with Crippen LogP contribution in [-0.4, -0.2) is 66.8 Å². The van der Waals surface area contributed by atoms with Crippen molar-refractivity contribution >= 4 is 0 Å². The van der Waals surface area contributed by atoms with E-state index in [9.17, 15) is 0 Å². The van der Waals surface area contributed by atoms with Gasteiger partial charge in [0.25, 0.3) is 0 Å². The second-order valence-corrected chi connectivity index (χ2v) is 6.89. The van der Waals surface area contributed by atoms with Gasteiger partial charge in [-0.15, -0.1) is 0 Å². The van der Waals surface area contributed by atoms with Crippen molar-refractivity contribution in [1.29, 1.82) is 0 Å². The Morgan fingerprint density at radius 3 is 2.35 bits per heavy atom. The van der Waals surface area contributed by atoms with E-state index in [0.717, 1.165) is 25.6 Å². The second-order valence-electron chi connectivity index (χ2n) is 6.89. The molecular weight excluding hydrogens is 250 g/mol. The van der Waals surface area contributed by atoms with E-state index in [0.29, 0.717) is 6.10 Å². The van der Waals surface area contributed by atoms with Crippen molar-refractivity contribution in [3.8, 4) is 0 Å². The van der Waals surface area contributed by atoms with Gasteiger partial charge in [0.15, 0.2) is 0 Å². The molecule has 0 aliphatic carbocycles. The van der Waals surface area contributed by atoms with Gasteiger partial charge < -0.3 is 15.4 Å². The van der Waals surface area contributed by atoms with Gasteiger partial charge in [0.05, 0.1) is 11.6 Å². The fourth-order valence-corrected chi connectivity index (χ4v) is 4.54. The molecule has 0 spiro atoms. The lowest BCUT2D eigenvalue weighted by molar-refractivity contribution is -0.0134. The number of piperidine rings is 2. The Kier molecular flexibility index (Phi) is 4.65. The van der Waals surface area contributed by atoms with Crippen LogP contribution in [0.3, 0.4) is 0 Å². The SMILES string of the molecule is CC1OCCC1(CN)N1CCC(N2CCCCC2)CC1. The van der Waals surface area contributed by atoms with E-state index < -0.39 is 0 Å². The monoisotopic (exact) mass is 281 g/mol. The molecule has 116 valence electrons. The van der Waals surface area contributed by atoms with Crippen LogP contribution in [-0.2, 0) is 4.74 Å². The van der Waals surface area contributed by atoms with Gasteiger partial charge in [0.2, 0.25) is 0 Å². The standard InChI is InChI=1S/C16H31N3O/c1-14-16(13-17,7-12-20-14)19-10-5-15(6-11-19)18-8-3-2-4-9-18/h14-15H,2-13,17H2,1H3. The molecule has 0 amide bonds. The minimum Gasteiger partial charge on any atom is -0.376 e. The molecule has 0 aromatic carbocycles. The summed E-state index contributed by atoms with van der Waals surface area (Å²) < 4.78 is 5.82. The second kappa shape index (κ2) is 6.30. The lowest BCUT2D eigenvalue weighted by atomic mass is 9.87. The first-order valence-corrected chi connectivity index (χ1v) is 8.57. The van der Waals surface area contributed by atoms with Gasteiger partial charge in [0, 0.05) is 32.3 Å². The Hall–Kier alpha value is -0.160. The molecule has 0 saturated carbocycles. The van der Waals surface area contributed by atoms with E-state index in [4.69, 9.17) is 10.5 Å². The van der Waals surface area contributed by atoms with E-state index >= 15 is 0 Å². The molecule has 0 aromatic rings. The molecule has 0 aromatic heterocycles. The van der Waals surface area contributed by atoms with Gasteiger partial charge >= 0.3 is 0 Å². The molecule has 3 aliphatic rings. The maximum absolute atomic E-state index is 6.14. The maximum atomic E-state index is 6.14. The quantitative estimate of drug-likeness (QED) is 0.850. The Morgan fingerprint density at radius 2 is 1.80 bits per heavy atom. The molecule has 0 radical (unpaired) electrons. The zero-order valence-electron chi connectivity index (χ0n) is 13.0. The van der Waals surface area contributed by atoms with E-state index in [1.54, 1.807) is 0 Å². The van der Waals surface area contributed by atoms with Crippen LogP contribution in [0.25, 0.3) is 0 Å². The number of nitrogens with zero attached hydrogens (tertiary/aromatic N) is 2. The van der Waals surface area contributed by atoms with Crippen molar-refractivity contribution in [2.24, 2.45) is 5.73 Å². The highest BCUT2D eigenvalue weighted by atomic mass is 16.5. The van der Waals surface area contributed by atoms with Crippen LogP contribution in [0.5, 0.6) is 0 Å². The first-order valence-electron chi connectivity index (χ1n) is 8.57. The summed E-state index contributed by atoms with van der Waals surface area (Å²) in [5, 5.41) is 0. The van der Waals surface area contributed by atoms with Crippen molar-refractivity contribution in [2.45, 2.75) is 63.1 Å². The zero-order valence-corrected chi connectivity index (χ0v) is 13.0. The molecule has 3 heterocycles. The lowest BCUT2D eigenvalue weighted by Gasteiger charge is -2.48. The summed E-state index contributed by atoms with van der Waals surface area (Å²) in [6.07, 6.45) is 8.26. The van der Waals surface area contributed by atoms with E-state index in [-0.39, 0.29) is 5.54 Å². The van der Waals surface area contributed by atoms with Crippen molar-refractivity contribution in [1.82, 2.24) is 9.80 Å². The topological polar surface area (TPSA) is 41.7 Å². The molecule has 2 unspecified atom stereocenters. The van der Waals surface area contributed by atoms with Gasteiger partial charge in [-0.3, -0.25) is 4.90 Å². The van der Waals surface area contributed by atoms with Crippen LogP contribution in [0.1, 0.15) is 45.4 Å². The summed E-state index contributed by atoms with van der Waals surface area (Å²) in [4.78, 5) is 5.38. The number of hydrogen-bond donors (Lipinski definition) is 1. The fraction of sp³-hybridized carbons (Fsp3) is 1.00.